The van der Waals surface area contributed by atoms with Gasteiger partial charge in [-0.3, -0.25) is 14.5 Å². The third-order valence-corrected chi connectivity index (χ3v) is 4.46. The van der Waals surface area contributed by atoms with E-state index in [1.54, 1.807) is 0 Å². The number of aliphatic carboxylic acids is 1. The molecular weight excluding hydrogens is 304 g/mol. The number of nitrogens with one attached hydrogen (secondary N) is 1. The maximum atomic E-state index is 12.3. The van der Waals surface area contributed by atoms with Gasteiger partial charge in [0.15, 0.2) is 0 Å². The zero-order valence-corrected chi connectivity index (χ0v) is 14.0. The minimum Gasteiger partial charge on any atom is -0.481 e. The van der Waals surface area contributed by atoms with Crippen molar-refractivity contribution in [1.82, 2.24) is 10.2 Å². The van der Waals surface area contributed by atoms with E-state index in [0.717, 1.165) is 38.0 Å². The van der Waals surface area contributed by atoms with Crippen LogP contribution in [0.25, 0.3) is 0 Å². The maximum Gasteiger partial charge on any atom is 0.303 e. The average molecular weight is 330 g/mol. The Bertz CT molecular complexity index is 551. The Morgan fingerprint density at radius 3 is 2.50 bits per heavy atom. The van der Waals surface area contributed by atoms with Gasteiger partial charge in [-0.15, -0.1) is 6.58 Å². The van der Waals surface area contributed by atoms with Crippen molar-refractivity contribution in [2.75, 3.05) is 19.6 Å². The third kappa shape index (κ3) is 5.81. The molecule has 2 rings (SSSR count). The molecule has 24 heavy (non-hydrogen) atoms. The summed E-state index contributed by atoms with van der Waals surface area (Å²) in [4.78, 5) is 25.8. The Morgan fingerprint density at radius 1 is 1.25 bits per heavy atom. The molecule has 5 nitrogen and oxygen atoms in total. The molecule has 1 heterocycles. The number of piperidine rings is 1. The van der Waals surface area contributed by atoms with E-state index >= 15 is 0 Å². The maximum absolute atomic E-state index is 12.3. The number of carboxylic acids is 1. The normalized spacial score (nSPS) is 17.2. The number of benzene rings is 1. The van der Waals surface area contributed by atoms with Gasteiger partial charge in [0.25, 0.3) is 0 Å². The molecule has 0 aliphatic carbocycles. The number of carbonyl (C=O) groups excluding carboxylic acids is 1. The summed E-state index contributed by atoms with van der Waals surface area (Å²) in [5.74, 6) is -1.23. The van der Waals surface area contributed by atoms with Crippen LogP contribution in [0.2, 0.25) is 0 Å². The van der Waals surface area contributed by atoms with Gasteiger partial charge in [0.1, 0.15) is 0 Å². The molecule has 1 amide bonds. The van der Waals surface area contributed by atoms with Crippen molar-refractivity contribution < 1.29 is 14.7 Å². The number of likely N-dealkylation sites (tertiary alicyclic amines) is 1. The van der Waals surface area contributed by atoms with Crippen LogP contribution in [0, 0.1) is 0 Å². The molecule has 0 spiro atoms. The van der Waals surface area contributed by atoms with Crippen molar-refractivity contribution in [3.63, 3.8) is 0 Å². The first-order chi connectivity index (χ1) is 11.6. The lowest BCUT2D eigenvalue weighted by molar-refractivity contribution is -0.137. The first kappa shape index (κ1) is 18.2. The smallest absolute Gasteiger partial charge is 0.303 e. The second-order valence-electron chi connectivity index (χ2n) is 6.34. The van der Waals surface area contributed by atoms with Crippen LogP contribution in [0.4, 0.5) is 0 Å². The molecule has 5 heteroatoms. The van der Waals surface area contributed by atoms with Crippen LogP contribution in [0.1, 0.15) is 37.2 Å². The standard InChI is InChI=1S/C19H26N2O3/c1-2-10-21-11-8-17(9-12-21)20-18(22)13-16(14-19(23)24)15-6-4-3-5-7-15/h2-7,16-17H,1,8-14H2,(H,20,22)(H,23,24)/t16-/m1/s1. The topological polar surface area (TPSA) is 69.6 Å². The van der Waals surface area contributed by atoms with Crippen molar-refractivity contribution >= 4 is 11.9 Å². The monoisotopic (exact) mass is 330 g/mol. The van der Waals surface area contributed by atoms with Gasteiger partial charge < -0.3 is 10.4 Å². The van der Waals surface area contributed by atoms with E-state index in [2.05, 4.69) is 16.8 Å². The molecule has 0 unspecified atom stereocenters. The Labute approximate surface area is 143 Å². The molecule has 0 radical (unpaired) electrons. The lowest BCUT2D eigenvalue weighted by Crippen LogP contribution is -2.44. The number of nitrogens with zero attached hydrogens (tertiary/aromatic N) is 1. The predicted molar refractivity (Wildman–Crippen MR) is 93.9 cm³/mol. The lowest BCUT2D eigenvalue weighted by Gasteiger charge is -2.31. The molecule has 130 valence electrons. The van der Waals surface area contributed by atoms with Gasteiger partial charge in [-0.1, -0.05) is 36.4 Å². The Morgan fingerprint density at radius 2 is 1.92 bits per heavy atom. The van der Waals surface area contributed by atoms with Crippen LogP contribution in [0.3, 0.4) is 0 Å². The van der Waals surface area contributed by atoms with Crippen LogP contribution in [0.15, 0.2) is 43.0 Å². The summed E-state index contributed by atoms with van der Waals surface area (Å²) in [5, 5.41) is 12.2. The van der Waals surface area contributed by atoms with Gasteiger partial charge in [-0.25, -0.2) is 0 Å². The van der Waals surface area contributed by atoms with Crippen molar-refractivity contribution in [2.24, 2.45) is 0 Å². The quantitative estimate of drug-likeness (QED) is 0.718. The number of rotatable bonds is 8. The molecule has 1 aromatic carbocycles. The molecule has 0 saturated carbocycles. The highest BCUT2D eigenvalue weighted by molar-refractivity contribution is 5.78. The average Bonchev–Trinajstić information content (AvgIpc) is 2.57. The fourth-order valence-electron chi connectivity index (χ4n) is 3.20. The van der Waals surface area contributed by atoms with Crippen LogP contribution in [-0.4, -0.2) is 47.6 Å². The van der Waals surface area contributed by atoms with Gasteiger partial charge in [-0.05, 0) is 18.4 Å². The molecule has 2 N–H and O–H groups in total. The van der Waals surface area contributed by atoms with E-state index < -0.39 is 5.97 Å². The first-order valence-electron chi connectivity index (χ1n) is 8.48. The minimum atomic E-state index is -0.880. The van der Waals surface area contributed by atoms with Gasteiger partial charge in [0.05, 0.1) is 6.42 Å². The highest BCUT2D eigenvalue weighted by atomic mass is 16.4. The van der Waals surface area contributed by atoms with Crippen molar-refractivity contribution in [1.29, 1.82) is 0 Å². The molecule has 0 bridgehead atoms. The number of hydrogen-bond donors (Lipinski definition) is 2. The van der Waals surface area contributed by atoms with Gasteiger partial charge >= 0.3 is 5.97 Å². The lowest BCUT2D eigenvalue weighted by atomic mass is 9.92. The summed E-state index contributed by atoms with van der Waals surface area (Å²) in [7, 11) is 0. The molecular formula is C19H26N2O3. The third-order valence-electron chi connectivity index (χ3n) is 4.46. The van der Waals surface area contributed by atoms with E-state index in [9.17, 15) is 9.59 Å². The first-order valence-corrected chi connectivity index (χ1v) is 8.48. The van der Waals surface area contributed by atoms with Crippen LogP contribution in [0.5, 0.6) is 0 Å². The largest absolute Gasteiger partial charge is 0.481 e. The SMILES string of the molecule is C=CCN1CCC(NC(=O)C[C@H](CC(=O)O)c2ccccc2)CC1. The van der Waals surface area contributed by atoms with E-state index in [4.69, 9.17) is 5.11 Å². The molecule has 1 fully saturated rings. The second-order valence-corrected chi connectivity index (χ2v) is 6.34. The second kappa shape index (κ2) is 9.23. The van der Waals surface area contributed by atoms with E-state index in [1.165, 1.54) is 0 Å². The summed E-state index contributed by atoms with van der Waals surface area (Å²) in [5.41, 5.74) is 0.899. The van der Waals surface area contributed by atoms with Crippen molar-refractivity contribution in [2.45, 2.75) is 37.6 Å². The fourth-order valence-corrected chi connectivity index (χ4v) is 3.20. The highest BCUT2D eigenvalue weighted by Gasteiger charge is 2.23. The Hall–Kier alpha value is -2.14. The molecule has 1 saturated heterocycles. The number of hydrogen-bond acceptors (Lipinski definition) is 3. The van der Waals surface area contributed by atoms with Gasteiger partial charge in [-0.2, -0.15) is 0 Å². The number of carboxylic acid groups (broad SMARTS) is 1. The van der Waals surface area contributed by atoms with Crippen molar-refractivity contribution in [3.05, 3.63) is 48.6 Å². The number of amides is 1. The summed E-state index contributed by atoms with van der Waals surface area (Å²) < 4.78 is 0. The van der Waals surface area contributed by atoms with Gasteiger partial charge in [0, 0.05) is 38.0 Å². The van der Waals surface area contributed by atoms with E-state index in [-0.39, 0.29) is 30.7 Å². The van der Waals surface area contributed by atoms with Crippen LogP contribution >= 0.6 is 0 Å². The zero-order chi connectivity index (χ0) is 17.4. The molecule has 1 atom stereocenters. The summed E-state index contributed by atoms with van der Waals surface area (Å²) in [6.45, 7) is 6.54. The predicted octanol–water partition coefficient (Wildman–Crippen LogP) is 2.40. The number of carbonyl (C=O) groups is 2. The van der Waals surface area contributed by atoms with E-state index in [1.807, 2.05) is 36.4 Å². The Balaban J connectivity index is 1.87. The minimum absolute atomic E-state index is 0.0325. The summed E-state index contributed by atoms with van der Waals surface area (Å²) in [6, 6.07) is 9.58. The molecule has 1 aliphatic heterocycles. The zero-order valence-electron chi connectivity index (χ0n) is 14.0. The van der Waals surface area contributed by atoms with E-state index in [0.29, 0.717) is 0 Å². The highest BCUT2D eigenvalue weighted by Crippen LogP contribution is 2.23. The van der Waals surface area contributed by atoms with Crippen LogP contribution < -0.4 is 5.32 Å². The fraction of sp³-hybridized carbons (Fsp3) is 0.474. The summed E-state index contributed by atoms with van der Waals surface area (Å²) in [6.07, 6.45) is 3.93. The van der Waals surface area contributed by atoms with Gasteiger partial charge in [0.2, 0.25) is 5.91 Å². The molecule has 0 aromatic heterocycles. The molecule has 1 aliphatic rings. The molecule has 1 aromatic rings. The Kier molecular flexibility index (Phi) is 7.00. The summed E-state index contributed by atoms with van der Waals surface area (Å²) >= 11 is 0. The van der Waals surface area contributed by atoms with Crippen molar-refractivity contribution in [3.8, 4) is 0 Å². The van der Waals surface area contributed by atoms with Crippen LogP contribution in [-0.2, 0) is 9.59 Å².